The summed E-state index contributed by atoms with van der Waals surface area (Å²) in [6.07, 6.45) is 0. The summed E-state index contributed by atoms with van der Waals surface area (Å²) in [5.74, 6) is 0.703. The molecule has 3 nitrogen and oxygen atoms in total. The molecular formula is C52H33N3S. The molecule has 0 bridgehead atoms. The van der Waals surface area contributed by atoms with Crippen LogP contribution in [-0.2, 0) is 0 Å². The van der Waals surface area contributed by atoms with E-state index < -0.39 is 0 Å². The van der Waals surface area contributed by atoms with Crippen molar-refractivity contribution in [3.63, 3.8) is 0 Å². The molecule has 0 aliphatic heterocycles. The Balaban J connectivity index is 0.996. The molecule has 0 unspecified atom stereocenters. The molecule has 11 aromatic rings. The average molecular weight is 732 g/mol. The van der Waals surface area contributed by atoms with Crippen LogP contribution in [-0.4, -0.2) is 14.5 Å². The molecule has 56 heavy (non-hydrogen) atoms. The van der Waals surface area contributed by atoms with Crippen molar-refractivity contribution in [2.24, 2.45) is 0 Å². The number of benzene rings is 8. The molecule has 0 N–H and O–H groups in total. The Morgan fingerprint density at radius 3 is 1.61 bits per heavy atom. The molecule has 3 heterocycles. The van der Waals surface area contributed by atoms with Crippen LogP contribution in [0.25, 0.3) is 104 Å². The summed E-state index contributed by atoms with van der Waals surface area (Å²) in [7, 11) is 0. The molecule has 4 heteroatoms. The molecule has 0 aliphatic rings. The zero-order valence-electron chi connectivity index (χ0n) is 30.3. The Hall–Kier alpha value is -7.14. The number of para-hydroxylation sites is 1. The summed E-state index contributed by atoms with van der Waals surface area (Å²) >= 11 is 1.86. The van der Waals surface area contributed by atoms with E-state index in [-0.39, 0.29) is 0 Å². The largest absolute Gasteiger partial charge is 0.309 e. The number of rotatable bonds is 6. The second kappa shape index (κ2) is 13.3. The van der Waals surface area contributed by atoms with Crippen LogP contribution in [0.5, 0.6) is 0 Å². The van der Waals surface area contributed by atoms with E-state index in [0.29, 0.717) is 5.82 Å². The van der Waals surface area contributed by atoms with E-state index in [1.165, 1.54) is 53.1 Å². The SMILES string of the molecule is c1ccc(-c2cc(-c3ccccc3)nc(-c3cccc(-c4ccc5c6ccccc6n(-c6ccc(-c7ccc8c(c7)sc7ccccc78)cc6)c5c4)c3)n2)cc1. The molecule has 8 aromatic carbocycles. The highest BCUT2D eigenvalue weighted by molar-refractivity contribution is 7.25. The van der Waals surface area contributed by atoms with Crippen LogP contribution in [0.4, 0.5) is 0 Å². The first kappa shape index (κ1) is 32.3. The third-order valence-corrected chi connectivity index (χ3v) is 12.0. The van der Waals surface area contributed by atoms with Crippen molar-refractivity contribution in [1.82, 2.24) is 14.5 Å². The van der Waals surface area contributed by atoms with Gasteiger partial charge in [-0.15, -0.1) is 11.3 Å². The highest BCUT2D eigenvalue weighted by Gasteiger charge is 2.16. The molecule has 0 aliphatic carbocycles. The monoisotopic (exact) mass is 731 g/mol. The Morgan fingerprint density at radius 2 is 0.857 bits per heavy atom. The number of hydrogen-bond donors (Lipinski definition) is 0. The Labute approximate surface area is 328 Å². The summed E-state index contributed by atoms with van der Waals surface area (Å²) in [4.78, 5) is 10.2. The lowest BCUT2D eigenvalue weighted by Crippen LogP contribution is -1.96. The summed E-state index contributed by atoms with van der Waals surface area (Å²) in [5.41, 5.74) is 13.1. The molecular weight excluding hydrogens is 699 g/mol. The molecule has 0 radical (unpaired) electrons. The number of hydrogen-bond acceptors (Lipinski definition) is 3. The van der Waals surface area contributed by atoms with E-state index in [1.54, 1.807) is 0 Å². The molecule has 11 rings (SSSR count). The first-order valence-electron chi connectivity index (χ1n) is 18.9. The second-order valence-corrected chi connectivity index (χ2v) is 15.3. The van der Waals surface area contributed by atoms with E-state index in [9.17, 15) is 0 Å². The molecule has 0 atom stereocenters. The minimum absolute atomic E-state index is 0.703. The summed E-state index contributed by atoms with van der Waals surface area (Å²) in [5, 5.41) is 5.12. The number of aromatic nitrogens is 3. The minimum atomic E-state index is 0.703. The van der Waals surface area contributed by atoms with E-state index in [4.69, 9.17) is 9.97 Å². The van der Waals surface area contributed by atoms with Crippen LogP contribution >= 0.6 is 11.3 Å². The Morgan fingerprint density at radius 1 is 0.321 bits per heavy atom. The topological polar surface area (TPSA) is 30.7 Å². The smallest absolute Gasteiger partial charge is 0.160 e. The van der Waals surface area contributed by atoms with E-state index in [2.05, 4.69) is 193 Å². The van der Waals surface area contributed by atoms with Crippen molar-refractivity contribution in [2.45, 2.75) is 0 Å². The fraction of sp³-hybridized carbons (Fsp3) is 0. The number of thiophene rings is 1. The van der Waals surface area contributed by atoms with Gasteiger partial charge in [-0.25, -0.2) is 9.97 Å². The van der Waals surface area contributed by atoms with Gasteiger partial charge in [0.2, 0.25) is 0 Å². The van der Waals surface area contributed by atoms with Crippen molar-refractivity contribution in [1.29, 1.82) is 0 Å². The fourth-order valence-corrected chi connectivity index (χ4v) is 9.21. The van der Waals surface area contributed by atoms with Gasteiger partial charge in [-0.3, -0.25) is 0 Å². The predicted octanol–water partition coefficient (Wildman–Crippen LogP) is 14.3. The highest BCUT2D eigenvalue weighted by atomic mass is 32.1. The lowest BCUT2D eigenvalue weighted by atomic mass is 10.0. The van der Waals surface area contributed by atoms with Gasteiger partial charge >= 0.3 is 0 Å². The quantitative estimate of drug-likeness (QED) is 0.170. The number of nitrogens with zero attached hydrogens (tertiary/aromatic N) is 3. The molecule has 0 saturated heterocycles. The summed E-state index contributed by atoms with van der Waals surface area (Å²) < 4.78 is 5.05. The molecule has 262 valence electrons. The van der Waals surface area contributed by atoms with Crippen LogP contribution < -0.4 is 0 Å². The fourth-order valence-electron chi connectivity index (χ4n) is 8.06. The van der Waals surface area contributed by atoms with Crippen molar-refractivity contribution in [3.05, 3.63) is 200 Å². The minimum Gasteiger partial charge on any atom is -0.309 e. The zero-order valence-corrected chi connectivity index (χ0v) is 31.1. The molecule has 0 spiro atoms. The summed E-state index contributed by atoms with van der Waals surface area (Å²) in [6, 6.07) is 71.5. The van der Waals surface area contributed by atoms with Gasteiger partial charge in [0.1, 0.15) is 0 Å². The Bertz CT molecular complexity index is 3170. The third kappa shape index (κ3) is 5.58. The number of fused-ring (bicyclic) bond motifs is 6. The zero-order chi connectivity index (χ0) is 37.0. The maximum Gasteiger partial charge on any atom is 0.160 e. The lowest BCUT2D eigenvalue weighted by Gasteiger charge is -2.12. The lowest BCUT2D eigenvalue weighted by molar-refractivity contribution is 1.18. The highest BCUT2D eigenvalue weighted by Crippen LogP contribution is 2.39. The molecule has 3 aromatic heterocycles. The standard InChI is InChI=1S/C52H33N3S/c1-3-12-35(13-4-1)46-33-47(36-14-5-2-6-15-36)54-52(53-46)40-17-11-16-37(30-40)38-24-28-43-42-18-7-9-20-48(42)55(49(43)31-38)41-26-22-34(23-27-41)39-25-29-45-44-19-8-10-21-50(44)56-51(45)32-39/h1-33H. The van der Waals surface area contributed by atoms with Gasteiger partial charge in [0.15, 0.2) is 5.82 Å². The van der Waals surface area contributed by atoms with Crippen molar-refractivity contribution in [2.75, 3.05) is 0 Å². The summed E-state index contributed by atoms with van der Waals surface area (Å²) in [6.45, 7) is 0. The average Bonchev–Trinajstić information content (AvgIpc) is 3.82. The Kier molecular flexibility index (Phi) is 7.68. The van der Waals surface area contributed by atoms with E-state index >= 15 is 0 Å². The molecule has 0 amide bonds. The van der Waals surface area contributed by atoms with Crippen LogP contribution in [0.15, 0.2) is 200 Å². The van der Waals surface area contributed by atoms with Crippen LogP contribution in [0.1, 0.15) is 0 Å². The molecule has 0 saturated carbocycles. The first-order chi connectivity index (χ1) is 27.7. The van der Waals surface area contributed by atoms with Gasteiger partial charge in [-0.05, 0) is 70.8 Å². The van der Waals surface area contributed by atoms with Gasteiger partial charge in [0, 0.05) is 53.3 Å². The molecule has 0 fully saturated rings. The van der Waals surface area contributed by atoms with Gasteiger partial charge in [-0.1, -0.05) is 152 Å². The normalized spacial score (nSPS) is 11.6. The van der Waals surface area contributed by atoms with E-state index in [0.717, 1.165) is 44.9 Å². The predicted molar refractivity (Wildman–Crippen MR) is 236 cm³/mol. The second-order valence-electron chi connectivity index (χ2n) is 14.2. The third-order valence-electron chi connectivity index (χ3n) is 10.8. The van der Waals surface area contributed by atoms with Gasteiger partial charge < -0.3 is 4.57 Å². The van der Waals surface area contributed by atoms with Crippen molar-refractivity contribution in [3.8, 4) is 61.8 Å². The van der Waals surface area contributed by atoms with E-state index in [1.807, 2.05) is 23.5 Å². The van der Waals surface area contributed by atoms with Crippen LogP contribution in [0, 0.1) is 0 Å². The van der Waals surface area contributed by atoms with Gasteiger partial charge in [0.05, 0.1) is 22.4 Å². The van der Waals surface area contributed by atoms with Gasteiger partial charge in [-0.2, -0.15) is 0 Å². The first-order valence-corrected chi connectivity index (χ1v) is 19.7. The maximum absolute atomic E-state index is 5.11. The maximum atomic E-state index is 5.11. The van der Waals surface area contributed by atoms with Crippen LogP contribution in [0.3, 0.4) is 0 Å². The van der Waals surface area contributed by atoms with Crippen molar-refractivity contribution >= 4 is 53.3 Å². The van der Waals surface area contributed by atoms with Gasteiger partial charge in [0.25, 0.3) is 0 Å². The van der Waals surface area contributed by atoms with Crippen LogP contribution in [0.2, 0.25) is 0 Å². The van der Waals surface area contributed by atoms with Crippen molar-refractivity contribution < 1.29 is 0 Å².